The van der Waals surface area contributed by atoms with Crippen LogP contribution >= 0.6 is 0 Å². The fourth-order valence-electron chi connectivity index (χ4n) is 1.56. The molecule has 0 saturated heterocycles. The van der Waals surface area contributed by atoms with Gasteiger partial charge in [-0.1, -0.05) is 36.5 Å². The molecule has 1 nitrogen and oxygen atoms in total. The zero-order chi connectivity index (χ0) is 10.8. The second-order valence-corrected chi connectivity index (χ2v) is 3.89. The molecule has 0 aromatic carbocycles. The Labute approximate surface area is 92.6 Å². The summed E-state index contributed by atoms with van der Waals surface area (Å²) < 4.78 is 0. The molecule has 0 atom stereocenters. The van der Waals surface area contributed by atoms with Crippen LogP contribution in [0.5, 0.6) is 0 Å². The van der Waals surface area contributed by atoms with Crippen molar-refractivity contribution in [2.24, 2.45) is 0 Å². The Morgan fingerprint density at radius 1 is 0.800 bits per heavy atom. The molecule has 1 aliphatic carbocycles. The highest BCUT2D eigenvalue weighted by atomic mass is 16.1. The van der Waals surface area contributed by atoms with Gasteiger partial charge in [0.05, 0.1) is 0 Å². The molecule has 0 saturated carbocycles. The Bertz CT molecular complexity index is 259. The molecule has 0 unspecified atom stereocenters. The van der Waals surface area contributed by atoms with Crippen LogP contribution in [0.4, 0.5) is 0 Å². The predicted molar refractivity (Wildman–Crippen MR) is 64.7 cm³/mol. The van der Waals surface area contributed by atoms with Gasteiger partial charge in [-0.05, 0) is 32.1 Å². The molecule has 0 spiro atoms. The maximum atomic E-state index is 11.4. The van der Waals surface area contributed by atoms with Crippen molar-refractivity contribution in [3.05, 3.63) is 36.5 Å². The molecule has 0 amide bonds. The lowest BCUT2D eigenvalue weighted by molar-refractivity contribution is -0.118. The van der Waals surface area contributed by atoms with Crippen molar-refractivity contribution in [1.29, 1.82) is 0 Å². The average Bonchev–Trinajstić information content (AvgIpc) is 2.24. The molecule has 0 N–H and O–H groups in total. The summed E-state index contributed by atoms with van der Waals surface area (Å²) in [7, 11) is 0. The zero-order valence-corrected chi connectivity index (χ0v) is 9.32. The van der Waals surface area contributed by atoms with Crippen molar-refractivity contribution < 1.29 is 4.79 Å². The number of carbonyl (C=O) groups is 1. The standard InChI is InChI=1S/C14H20O/c15-14-12-10-8-6-4-2-1-3-5-7-9-11-13-14/h1-4,9,11H,5-8,10,12-13H2/b3-1+,4-2+,11-9+. The molecule has 1 heteroatoms. The van der Waals surface area contributed by atoms with Gasteiger partial charge < -0.3 is 0 Å². The molecule has 1 rings (SSSR count). The fourth-order valence-corrected chi connectivity index (χ4v) is 1.56. The van der Waals surface area contributed by atoms with Gasteiger partial charge in [-0.15, -0.1) is 0 Å². The number of Topliss-reactive ketones (excluding diaryl/α,β-unsaturated/α-hetero) is 1. The maximum Gasteiger partial charge on any atom is 0.136 e. The van der Waals surface area contributed by atoms with Gasteiger partial charge in [0.25, 0.3) is 0 Å². The summed E-state index contributed by atoms with van der Waals surface area (Å²) in [5.74, 6) is 0.378. The van der Waals surface area contributed by atoms with E-state index < -0.39 is 0 Å². The van der Waals surface area contributed by atoms with E-state index in [1.807, 2.05) is 6.08 Å². The van der Waals surface area contributed by atoms with Crippen LogP contribution < -0.4 is 0 Å². The molecule has 0 fully saturated rings. The molecule has 0 aliphatic heterocycles. The van der Waals surface area contributed by atoms with Crippen LogP contribution in [0.1, 0.15) is 44.9 Å². The van der Waals surface area contributed by atoms with Crippen molar-refractivity contribution in [3.63, 3.8) is 0 Å². The largest absolute Gasteiger partial charge is 0.299 e. The quantitative estimate of drug-likeness (QED) is 0.546. The van der Waals surface area contributed by atoms with Crippen LogP contribution in [0.15, 0.2) is 36.5 Å². The molecule has 0 aromatic heterocycles. The lowest BCUT2D eigenvalue weighted by Gasteiger charge is -1.97. The van der Waals surface area contributed by atoms with Crippen LogP contribution in [0, 0.1) is 0 Å². The smallest absolute Gasteiger partial charge is 0.136 e. The fraction of sp³-hybridized carbons (Fsp3) is 0.500. The first-order chi connectivity index (χ1) is 7.39. The highest BCUT2D eigenvalue weighted by molar-refractivity contribution is 5.79. The van der Waals surface area contributed by atoms with Gasteiger partial charge in [-0.2, -0.15) is 0 Å². The summed E-state index contributed by atoms with van der Waals surface area (Å²) in [6, 6.07) is 0. The van der Waals surface area contributed by atoms with E-state index >= 15 is 0 Å². The van der Waals surface area contributed by atoms with E-state index in [9.17, 15) is 4.79 Å². The monoisotopic (exact) mass is 204 g/mol. The predicted octanol–water partition coefficient (Wildman–Crippen LogP) is 3.97. The first kappa shape index (κ1) is 12.0. The Kier molecular flexibility index (Phi) is 6.55. The Morgan fingerprint density at radius 2 is 1.53 bits per heavy atom. The Morgan fingerprint density at radius 3 is 2.40 bits per heavy atom. The van der Waals surface area contributed by atoms with Crippen LogP contribution in [0.3, 0.4) is 0 Å². The number of hydrogen-bond acceptors (Lipinski definition) is 1. The lowest BCUT2D eigenvalue weighted by atomic mass is 10.1. The van der Waals surface area contributed by atoms with Gasteiger partial charge in [-0.25, -0.2) is 0 Å². The van der Waals surface area contributed by atoms with E-state index in [4.69, 9.17) is 0 Å². The van der Waals surface area contributed by atoms with Crippen LogP contribution in [-0.2, 0) is 4.79 Å². The number of rotatable bonds is 0. The summed E-state index contributed by atoms with van der Waals surface area (Å²) in [5, 5.41) is 0. The second-order valence-electron chi connectivity index (χ2n) is 3.89. The van der Waals surface area contributed by atoms with Gasteiger partial charge in [0, 0.05) is 12.8 Å². The molecule has 15 heavy (non-hydrogen) atoms. The minimum absolute atomic E-state index is 0.378. The molecule has 0 radical (unpaired) electrons. The normalized spacial score (nSPS) is 26.5. The maximum absolute atomic E-state index is 11.4. The van der Waals surface area contributed by atoms with Crippen molar-refractivity contribution >= 4 is 5.78 Å². The van der Waals surface area contributed by atoms with E-state index in [0.717, 1.165) is 38.5 Å². The lowest BCUT2D eigenvalue weighted by Crippen LogP contribution is -1.95. The molecule has 0 bridgehead atoms. The highest BCUT2D eigenvalue weighted by Crippen LogP contribution is 2.05. The van der Waals surface area contributed by atoms with E-state index in [1.54, 1.807) is 0 Å². The van der Waals surface area contributed by atoms with Gasteiger partial charge >= 0.3 is 0 Å². The van der Waals surface area contributed by atoms with E-state index in [0.29, 0.717) is 12.2 Å². The van der Waals surface area contributed by atoms with Crippen molar-refractivity contribution in [1.82, 2.24) is 0 Å². The summed E-state index contributed by atoms with van der Waals surface area (Å²) in [4.78, 5) is 11.4. The van der Waals surface area contributed by atoms with Gasteiger partial charge in [0.15, 0.2) is 0 Å². The number of allylic oxidation sites excluding steroid dienone is 6. The van der Waals surface area contributed by atoms with Crippen LogP contribution in [-0.4, -0.2) is 5.78 Å². The summed E-state index contributed by atoms with van der Waals surface area (Å²) in [5.41, 5.74) is 0. The summed E-state index contributed by atoms with van der Waals surface area (Å²) in [6.45, 7) is 0. The minimum atomic E-state index is 0.378. The molecular formula is C14H20O. The van der Waals surface area contributed by atoms with Crippen molar-refractivity contribution in [3.8, 4) is 0 Å². The topological polar surface area (TPSA) is 17.1 Å². The number of hydrogen-bond donors (Lipinski definition) is 0. The third-order valence-electron chi connectivity index (χ3n) is 2.47. The van der Waals surface area contributed by atoms with E-state index in [1.165, 1.54) is 0 Å². The van der Waals surface area contributed by atoms with Gasteiger partial charge in [0.2, 0.25) is 0 Å². The highest BCUT2D eigenvalue weighted by Gasteiger charge is 1.98. The Hall–Kier alpha value is -1.11. The third-order valence-corrected chi connectivity index (χ3v) is 2.47. The van der Waals surface area contributed by atoms with E-state index in [-0.39, 0.29) is 0 Å². The molecule has 1 aliphatic rings. The second kappa shape index (κ2) is 8.22. The van der Waals surface area contributed by atoms with Gasteiger partial charge in [0.1, 0.15) is 5.78 Å². The minimum Gasteiger partial charge on any atom is -0.299 e. The SMILES string of the molecule is O=C1C/C=C/CC/C=C/C=C/CCCC1. The first-order valence-corrected chi connectivity index (χ1v) is 5.88. The van der Waals surface area contributed by atoms with E-state index in [2.05, 4.69) is 30.4 Å². The van der Waals surface area contributed by atoms with Crippen LogP contribution in [0.2, 0.25) is 0 Å². The van der Waals surface area contributed by atoms with Crippen molar-refractivity contribution in [2.75, 3.05) is 0 Å². The zero-order valence-electron chi connectivity index (χ0n) is 9.32. The Balaban J connectivity index is 2.38. The molecular weight excluding hydrogens is 184 g/mol. The summed E-state index contributed by atoms with van der Waals surface area (Å²) in [6.07, 6.45) is 19.4. The molecule has 0 heterocycles. The number of ketones is 1. The molecule has 0 aromatic rings. The average molecular weight is 204 g/mol. The van der Waals surface area contributed by atoms with Gasteiger partial charge in [-0.3, -0.25) is 4.79 Å². The summed E-state index contributed by atoms with van der Waals surface area (Å²) >= 11 is 0. The number of carbonyl (C=O) groups excluding carboxylic acids is 1. The first-order valence-electron chi connectivity index (χ1n) is 5.88. The van der Waals surface area contributed by atoms with Crippen molar-refractivity contribution in [2.45, 2.75) is 44.9 Å². The van der Waals surface area contributed by atoms with Crippen LogP contribution in [0.25, 0.3) is 0 Å². The third kappa shape index (κ3) is 6.89. The molecule has 82 valence electrons.